The Morgan fingerprint density at radius 1 is 1.31 bits per heavy atom. The first-order valence-corrected chi connectivity index (χ1v) is 5.25. The smallest absolute Gasteiger partial charge is 0.338 e. The maximum Gasteiger partial charge on any atom is 0.338 e. The van der Waals surface area contributed by atoms with E-state index in [0.717, 1.165) is 0 Å². The van der Waals surface area contributed by atoms with Gasteiger partial charge in [0.2, 0.25) is 5.54 Å². The molecule has 0 aliphatic carbocycles. The van der Waals surface area contributed by atoms with Crippen LogP contribution in [-0.4, -0.2) is 28.2 Å². The van der Waals surface area contributed by atoms with E-state index in [4.69, 9.17) is 15.6 Å². The van der Waals surface area contributed by atoms with Crippen molar-refractivity contribution in [1.82, 2.24) is 0 Å². The van der Waals surface area contributed by atoms with Crippen molar-refractivity contribution in [3.8, 4) is 0 Å². The molecule has 0 aliphatic heterocycles. The largest absolute Gasteiger partial charge is 0.479 e. The van der Waals surface area contributed by atoms with Gasteiger partial charge in [-0.15, -0.1) is 0 Å². The van der Waals surface area contributed by atoms with E-state index < -0.39 is 23.1 Å². The van der Waals surface area contributed by atoms with Crippen molar-refractivity contribution in [2.75, 3.05) is 0 Å². The van der Waals surface area contributed by atoms with Crippen LogP contribution in [0.2, 0.25) is 0 Å². The second kappa shape index (κ2) is 4.82. The third-order valence-corrected chi connectivity index (χ3v) is 1.87. The summed E-state index contributed by atoms with van der Waals surface area (Å²) in [5.74, 6) is -2.25. The predicted octanol–water partition coefficient (Wildman–Crippen LogP) is 1.16. The van der Waals surface area contributed by atoms with Crippen LogP contribution in [0.25, 0.3) is 0 Å². The second-order valence-electron chi connectivity index (χ2n) is 5.38. The number of ether oxygens (including phenoxy) is 1. The van der Waals surface area contributed by atoms with Crippen LogP contribution in [0, 0.1) is 5.92 Å². The lowest BCUT2D eigenvalue weighted by atomic mass is 9.90. The Labute approximate surface area is 96.0 Å². The Morgan fingerprint density at radius 2 is 1.75 bits per heavy atom. The Morgan fingerprint density at radius 3 is 2.00 bits per heavy atom. The van der Waals surface area contributed by atoms with Gasteiger partial charge in [-0.25, -0.2) is 9.59 Å². The van der Waals surface area contributed by atoms with Gasteiger partial charge in [-0.3, -0.25) is 0 Å². The second-order valence-corrected chi connectivity index (χ2v) is 5.38. The van der Waals surface area contributed by atoms with Crippen molar-refractivity contribution < 1.29 is 19.4 Å². The lowest BCUT2D eigenvalue weighted by Gasteiger charge is -2.29. The number of carbonyl (C=O) groups excluding carboxylic acids is 1. The van der Waals surface area contributed by atoms with E-state index in [9.17, 15) is 9.59 Å². The van der Waals surface area contributed by atoms with Gasteiger partial charge in [0.05, 0.1) is 0 Å². The van der Waals surface area contributed by atoms with E-state index in [2.05, 4.69) is 0 Å². The topological polar surface area (TPSA) is 89.6 Å². The molecule has 0 radical (unpaired) electrons. The molecule has 0 aromatic heterocycles. The highest BCUT2D eigenvalue weighted by Gasteiger charge is 2.45. The fraction of sp³-hybridized carbons (Fsp3) is 0.818. The monoisotopic (exact) mass is 231 g/mol. The number of carboxylic acids is 1. The molecule has 1 atom stereocenters. The zero-order valence-electron chi connectivity index (χ0n) is 10.5. The van der Waals surface area contributed by atoms with Crippen LogP contribution >= 0.6 is 0 Å². The number of esters is 1. The first kappa shape index (κ1) is 14.9. The van der Waals surface area contributed by atoms with Crippen molar-refractivity contribution in [1.29, 1.82) is 0 Å². The lowest BCUT2D eigenvalue weighted by molar-refractivity contribution is -0.170. The lowest BCUT2D eigenvalue weighted by Crippen LogP contribution is -2.57. The van der Waals surface area contributed by atoms with Gasteiger partial charge in [0, 0.05) is 0 Å². The average molecular weight is 231 g/mol. The molecule has 3 N–H and O–H groups in total. The maximum atomic E-state index is 11.7. The maximum absolute atomic E-state index is 11.7. The number of carboxylic acid groups (broad SMARTS) is 1. The molecular weight excluding hydrogens is 210 g/mol. The van der Waals surface area contributed by atoms with Crippen LogP contribution in [0.15, 0.2) is 0 Å². The fourth-order valence-corrected chi connectivity index (χ4v) is 1.27. The van der Waals surface area contributed by atoms with E-state index in [0.29, 0.717) is 0 Å². The third kappa shape index (κ3) is 4.18. The van der Waals surface area contributed by atoms with E-state index in [-0.39, 0.29) is 12.3 Å². The molecule has 0 saturated heterocycles. The molecule has 0 fully saturated rings. The Hall–Kier alpha value is -1.10. The first-order chi connectivity index (χ1) is 6.99. The van der Waals surface area contributed by atoms with Gasteiger partial charge < -0.3 is 15.6 Å². The van der Waals surface area contributed by atoms with Gasteiger partial charge in [-0.05, 0) is 33.1 Å². The summed E-state index contributed by atoms with van der Waals surface area (Å²) >= 11 is 0. The van der Waals surface area contributed by atoms with E-state index in [1.807, 2.05) is 0 Å². The summed E-state index contributed by atoms with van der Waals surface area (Å²) in [7, 11) is 0. The number of hydrogen-bond acceptors (Lipinski definition) is 4. The molecule has 0 heterocycles. The normalized spacial score (nSPS) is 15.7. The summed E-state index contributed by atoms with van der Waals surface area (Å²) in [6, 6.07) is 0. The highest BCUT2D eigenvalue weighted by Crippen LogP contribution is 2.20. The first-order valence-electron chi connectivity index (χ1n) is 5.25. The number of nitrogens with two attached hydrogens (primary N) is 1. The zero-order valence-corrected chi connectivity index (χ0v) is 10.5. The molecule has 5 heteroatoms. The van der Waals surface area contributed by atoms with E-state index in [1.165, 1.54) is 0 Å². The Balaban J connectivity index is 4.92. The van der Waals surface area contributed by atoms with Crippen LogP contribution < -0.4 is 5.73 Å². The van der Waals surface area contributed by atoms with Crippen molar-refractivity contribution in [2.24, 2.45) is 11.7 Å². The predicted molar refractivity (Wildman–Crippen MR) is 59.9 cm³/mol. The molecule has 0 amide bonds. The third-order valence-electron chi connectivity index (χ3n) is 1.87. The molecule has 1 unspecified atom stereocenters. The number of carbonyl (C=O) groups is 2. The SMILES string of the molecule is CC(C)CC(N)(C(=O)O)C(=O)OC(C)(C)C. The number of aliphatic carboxylic acids is 1. The van der Waals surface area contributed by atoms with Crippen molar-refractivity contribution in [3.63, 3.8) is 0 Å². The van der Waals surface area contributed by atoms with Crippen molar-refractivity contribution in [2.45, 2.75) is 52.2 Å². The minimum Gasteiger partial charge on any atom is -0.479 e. The molecule has 0 rings (SSSR count). The molecule has 0 aromatic carbocycles. The van der Waals surface area contributed by atoms with Crippen LogP contribution in [0.1, 0.15) is 41.0 Å². The average Bonchev–Trinajstić information content (AvgIpc) is 1.98. The fourth-order valence-electron chi connectivity index (χ4n) is 1.27. The summed E-state index contributed by atoms with van der Waals surface area (Å²) in [6.45, 7) is 8.61. The van der Waals surface area contributed by atoms with Gasteiger partial charge in [0.15, 0.2) is 0 Å². The number of hydrogen-bond donors (Lipinski definition) is 2. The molecule has 5 nitrogen and oxygen atoms in total. The molecule has 94 valence electrons. The van der Waals surface area contributed by atoms with Crippen LogP contribution in [0.4, 0.5) is 0 Å². The Kier molecular flexibility index (Phi) is 4.49. The standard InChI is InChI=1S/C11H21NO4/c1-7(2)6-11(12,8(13)14)9(15)16-10(3,4)5/h7H,6,12H2,1-5H3,(H,13,14). The molecule has 16 heavy (non-hydrogen) atoms. The number of rotatable bonds is 4. The van der Waals surface area contributed by atoms with E-state index in [1.54, 1.807) is 34.6 Å². The summed E-state index contributed by atoms with van der Waals surface area (Å²) < 4.78 is 5.02. The Bertz CT molecular complexity index is 280. The van der Waals surface area contributed by atoms with E-state index >= 15 is 0 Å². The molecule has 0 aliphatic rings. The highest BCUT2D eigenvalue weighted by atomic mass is 16.6. The van der Waals surface area contributed by atoms with Crippen molar-refractivity contribution >= 4 is 11.9 Å². The summed E-state index contributed by atoms with van der Waals surface area (Å²) in [5, 5.41) is 9.02. The van der Waals surface area contributed by atoms with Gasteiger partial charge >= 0.3 is 11.9 Å². The summed E-state index contributed by atoms with van der Waals surface area (Å²) in [6.07, 6.45) is 0.0528. The minimum atomic E-state index is -1.96. The van der Waals surface area contributed by atoms with Crippen LogP contribution in [0.3, 0.4) is 0 Å². The highest BCUT2D eigenvalue weighted by molar-refractivity contribution is 6.03. The van der Waals surface area contributed by atoms with Gasteiger partial charge in [0.25, 0.3) is 0 Å². The zero-order chi connectivity index (χ0) is 13.1. The molecule has 0 spiro atoms. The molecule has 0 aromatic rings. The van der Waals surface area contributed by atoms with Gasteiger partial charge in [-0.2, -0.15) is 0 Å². The quantitative estimate of drug-likeness (QED) is 0.559. The van der Waals surface area contributed by atoms with Crippen LogP contribution in [0.5, 0.6) is 0 Å². The van der Waals surface area contributed by atoms with Gasteiger partial charge in [-0.1, -0.05) is 13.8 Å². The van der Waals surface area contributed by atoms with Crippen molar-refractivity contribution in [3.05, 3.63) is 0 Å². The molecular formula is C11H21NO4. The molecule has 0 saturated carbocycles. The van der Waals surface area contributed by atoms with Gasteiger partial charge in [0.1, 0.15) is 5.60 Å². The minimum absolute atomic E-state index is 0.00591. The van der Waals surface area contributed by atoms with Crippen LogP contribution in [-0.2, 0) is 14.3 Å². The summed E-state index contributed by atoms with van der Waals surface area (Å²) in [5.41, 5.74) is 2.92. The molecule has 0 bridgehead atoms. The summed E-state index contributed by atoms with van der Waals surface area (Å²) in [4.78, 5) is 22.8.